The van der Waals surface area contributed by atoms with Gasteiger partial charge in [-0.05, 0) is 65.8 Å². The van der Waals surface area contributed by atoms with Gasteiger partial charge in [0.25, 0.3) is 6.43 Å². The van der Waals surface area contributed by atoms with E-state index in [0.717, 1.165) is 35.6 Å². The van der Waals surface area contributed by atoms with Gasteiger partial charge in [0.2, 0.25) is 10.0 Å². The van der Waals surface area contributed by atoms with E-state index in [-0.39, 0.29) is 4.90 Å². The molecule has 1 aliphatic rings. The molecule has 3 nitrogen and oxygen atoms in total. The van der Waals surface area contributed by atoms with E-state index in [1.54, 1.807) is 12.1 Å². The van der Waals surface area contributed by atoms with E-state index in [1.807, 2.05) is 0 Å². The van der Waals surface area contributed by atoms with Crippen molar-refractivity contribution < 1.29 is 21.6 Å². The van der Waals surface area contributed by atoms with Crippen molar-refractivity contribution in [2.45, 2.75) is 30.6 Å². The van der Waals surface area contributed by atoms with Crippen molar-refractivity contribution in [2.24, 2.45) is 5.14 Å². The SMILES string of the molecule is NS(=O)(=O)c1ccc(C2=C(c3ccc(F)c(C(F)F)c3)CCC2)cc1. The summed E-state index contributed by atoms with van der Waals surface area (Å²) in [6.45, 7) is 0. The topological polar surface area (TPSA) is 60.2 Å². The van der Waals surface area contributed by atoms with Crippen molar-refractivity contribution in [1.82, 2.24) is 0 Å². The van der Waals surface area contributed by atoms with Gasteiger partial charge in [-0.25, -0.2) is 26.7 Å². The Labute approximate surface area is 144 Å². The van der Waals surface area contributed by atoms with Crippen molar-refractivity contribution >= 4 is 21.2 Å². The molecular formula is C18H16F3NO2S. The third kappa shape index (κ3) is 3.62. The molecule has 2 aromatic carbocycles. The zero-order valence-corrected chi connectivity index (χ0v) is 14.0. The van der Waals surface area contributed by atoms with Crippen LogP contribution in [0.1, 0.15) is 42.4 Å². The first-order valence-electron chi connectivity index (χ1n) is 7.70. The molecule has 1 aliphatic carbocycles. The Balaban J connectivity index is 2.05. The van der Waals surface area contributed by atoms with E-state index >= 15 is 0 Å². The summed E-state index contributed by atoms with van der Waals surface area (Å²) in [6.07, 6.45) is -0.589. The molecular weight excluding hydrogens is 351 g/mol. The highest BCUT2D eigenvalue weighted by molar-refractivity contribution is 7.89. The Morgan fingerprint density at radius 2 is 1.48 bits per heavy atom. The highest BCUT2D eigenvalue weighted by Crippen LogP contribution is 2.40. The van der Waals surface area contributed by atoms with Gasteiger partial charge in [0.15, 0.2) is 0 Å². The molecule has 3 rings (SSSR count). The monoisotopic (exact) mass is 367 g/mol. The normalized spacial score (nSPS) is 15.2. The second kappa shape index (κ2) is 6.65. The molecule has 0 saturated carbocycles. The number of primary sulfonamides is 1. The van der Waals surface area contributed by atoms with Crippen LogP contribution in [0.2, 0.25) is 0 Å². The van der Waals surface area contributed by atoms with Gasteiger partial charge in [0.05, 0.1) is 10.5 Å². The minimum Gasteiger partial charge on any atom is -0.225 e. The van der Waals surface area contributed by atoms with Crippen LogP contribution in [0.5, 0.6) is 0 Å². The lowest BCUT2D eigenvalue weighted by Gasteiger charge is -2.11. The van der Waals surface area contributed by atoms with E-state index < -0.39 is 27.8 Å². The Kier molecular flexibility index (Phi) is 4.71. The van der Waals surface area contributed by atoms with Crippen molar-refractivity contribution in [3.05, 3.63) is 65.0 Å². The molecule has 0 spiro atoms. The standard InChI is InChI=1S/C18H16F3NO2S/c19-17-9-6-12(10-16(17)18(20)21)15-3-1-2-14(15)11-4-7-13(8-5-11)25(22,23)24/h4-10,18H,1-3H2,(H2,22,23,24). The Bertz CT molecular complexity index is 935. The van der Waals surface area contributed by atoms with Gasteiger partial charge in [0, 0.05) is 0 Å². The third-order valence-corrected chi connectivity index (χ3v) is 5.26. The molecule has 0 atom stereocenters. The van der Waals surface area contributed by atoms with Crippen LogP contribution in [0.25, 0.3) is 11.1 Å². The summed E-state index contributed by atoms with van der Waals surface area (Å²) in [5, 5.41) is 5.09. The summed E-state index contributed by atoms with van der Waals surface area (Å²) in [5.74, 6) is -0.920. The first-order chi connectivity index (χ1) is 11.8. The summed E-state index contributed by atoms with van der Waals surface area (Å²) >= 11 is 0. The van der Waals surface area contributed by atoms with Gasteiger partial charge < -0.3 is 0 Å². The molecule has 7 heteroatoms. The molecule has 0 heterocycles. The van der Waals surface area contributed by atoms with E-state index in [4.69, 9.17) is 5.14 Å². The molecule has 2 N–H and O–H groups in total. The fourth-order valence-electron chi connectivity index (χ4n) is 3.13. The fourth-order valence-corrected chi connectivity index (χ4v) is 3.64. The number of halogens is 3. The van der Waals surface area contributed by atoms with Gasteiger partial charge >= 0.3 is 0 Å². The van der Waals surface area contributed by atoms with E-state index in [0.29, 0.717) is 12.0 Å². The van der Waals surface area contributed by atoms with Gasteiger partial charge in [-0.1, -0.05) is 18.2 Å². The Morgan fingerprint density at radius 3 is 2.04 bits per heavy atom. The molecule has 0 saturated heterocycles. The largest absolute Gasteiger partial charge is 0.266 e. The maximum atomic E-state index is 13.5. The second-order valence-corrected chi connectivity index (χ2v) is 7.48. The maximum Gasteiger partial charge on any atom is 0.266 e. The van der Waals surface area contributed by atoms with Crippen LogP contribution in [0.3, 0.4) is 0 Å². The third-order valence-electron chi connectivity index (χ3n) is 4.33. The van der Waals surface area contributed by atoms with Crippen LogP contribution in [-0.4, -0.2) is 8.42 Å². The maximum absolute atomic E-state index is 13.5. The minimum absolute atomic E-state index is 0.0122. The highest BCUT2D eigenvalue weighted by atomic mass is 32.2. The van der Waals surface area contributed by atoms with Crippen LogP contribution >= 0.6 is 0 Å². The molecule has 0 amide bonds. The average molecular weight is 367 g/mol. The van der Waals surface area contributed by atoms with Crippen LogP contribution in [0, 0.1) is 5.82 Å². The van der Waals surface area contributed by atoms with Crippen molar-refractivity contribution in [3.8, 4) is 0 Å². The number of hydrogen-bond donors (Lipinski definition) is 1. The second-order valence-electron chi connectivity index (χ2n) is 5.92. The number of benzene rings is 2. The van der Waals surface area contributed by atoms with Crippen LogP contribution in [-0.2, 0) is 10.0 Å². The molecule has 0 radical (unpaired) electrons. The lowest BCUT2D eigenvalue weighted by atomic mass is 9.96. The number of allylic oxidation sites excluding steroid dienone is 2. The van der Waals surface area contributed by atoms with Crippen molar-refractivity contribution in [2.75, 3.05) is 0 Å². The Hall–Kier alpha value is -2.12. The molecule has 132 valence electrons. The number of rotatable bonds is 4. The average Bonchev–Trinajstić information content (AvgIpc) is 3.04. The summed E-state index contributed by atoms with van der Waals surface area (Å²) < 4.78 is 62.1. The smallest absolute Gasteiger partial charge is 0.225 e. The summed E-state index contributed by atoms with van der Waals surface area (Å²) in [6, 6.07) is 9.89. The molecule has 0 aromatic heterocycles. The highest BCUT2D eigenvalue weighted by Gasteiger charge is 2.21. The first-order valence-corrected chi connectivity index (χ1v) is 9.25. The van der Waals surface area contributed by atoms with E-state index in [2.05, 4.69) is 0 Å². The van der Waals surface area contributed by atoms with Crippen molar-refractivity contribution in [3.63, 3.8) is 0 Å². The minimum atomic E-state index is -3.77. The Morgan fingerprint density at radius 1 is 0.920 bits per heavy atom. The van der Waals surface area contributed by atoms with Gasteiger partial charge in [-0.3, -0.25) is 0 Å². The molecule has 0 fully saturated rings. The zero-order valence-electron chi connectivity index (χ0n) is 13.2. The van der Waals surface area contributed by atoms with E-state index in [9.17, 15) is 21.6 Å². The number of sulfonamides is 1. The van der Waals surface area contributed by atoms with Crippen LogP contribution in [0.4, 0.5) is 13.2 Å². The number of alkyl halides is 2. The van der Waals surface area contributed by atoms with Gasteiger partial charge in [-0.2, -0.15) is 0 Å². The predicted octanol–water partition coefficient (Wildman–Crippen LogP) is 4.51. The lowest BCUT2D eigenvalue weighted by molar-refractivity contribution is 0.146. The number of nitrogens with two attached hydrogens (primary N) is 1. The first kappa shape index (κ1) is 17.7. The molecule has 0 unspecified atom stereocenters. The molecule has 25 heavy (non-hydrogen) atoms. The quantitative estimate of drug-likeness (QED) is 0.865. The van der Waals surface area contributed by atoms with E-state index in [1.165, 1.54) is 24.3 Å². The fraction of sp³-hybridized carbons (Fsp3) is 0.222. The summed E-state index contributed by atoms with van der Waals surface area (Å²) in [7, 11) is -3.77. The van der Waals surface area contributed by atoms with Gasteiger partial charge in [-0.15, -0.1) is 0 Å². The van der Waals surface area contributed by atoms with Crippen LogP contribution < -0.4 is 5.14 Å². The molecule has 2 aromatic rings. The summed E-state index contributed by atoms with van der Waals surface area (Å²) in [4.78, 5) is 0.0122. The molecule has 0 aliphatic heterocycles. The predicted molar refractivity (Wildman–Crippen MR) is 89.8 cm³/mol. The summed E-state index contributed by atoms with van der Waals surface area (Å²) in [5.41, 5.74) is 2.60. The molecule has 0 bridgehead atoms. The lowest BCUT2D eigenvalue weighted by Crippen LogP contribution is -2.11. The zero-order chi connectivity index (χ0) is 18.2. The van der Waals surface area contributed by atoms with Crippen molar-refractivity contribution in [1.29, 1.82) is 0 Å². The van der Waals surface area contributed by atoms with Gasteiger partial charge in [0.1, 0.15) is 5.82 Å². The number of hydrogen-bond acceptors (Lipinski definition) is 2. The van der Waals surface area contributed by atoms with Crippen LogP contribution in [0.15, 0.2) is 47.4 Å².